The van der Waals surface area contributed by atoms with Crippen LogP contribution in [0.1, 0.15) is 34.0 Å². The summed E-state index contributed by atoms with van der Waals surface area (Å²) < 4.78 is 14.6. The molecule has 1 aromatic heterocycles. The summed E-state index contributed by atoms with van der Waals surface area (Å²) in [6, 6.07) is 9.23. The summed E-state index contributed by atoms with van der Waals surface area (Å²) in [7, 11) is 0. The molecule has 1 unspecified atom stereocenters. The minimum absolute atomic E-state index is 0.0205. The van der Waals surface area contributed by atoms with Crippen LogP contribution in [0.15, 0.2) is 30.3 Å². The molecule has 7 nitrogen and oxygen atoms in total. The maximum Gasteiger partial charge on any atom is 0.412 e. The number of nitrogens with zero attached hydrogens (tertiary/aromatic N) is 1. The molecule has 2 N–H and O–H groups in total. The Morgan fingerprint density at radius 2 is 2.17 bits per heavy atom. The van der Waals surface area contributed by atoms with Crippen LogP contribution >= 0.6 is 11.5 Å². The maximum atomic E-state index is 11.9. The summed E-state index contributed by atoms with van der Waals surface area (Å²) in [6.45, 7) is 1.14. The molecule has 0 radical (unpaired) electrons. The zero-order valence-electron chi connectivity index (χ0n) is 12.7. The molecule has 1 saturated heterocycles. The summed E-state index contributed by atoms with van der Waals surface area (Å²) in [5.74, 6) is -1.17. The van der Waals surface area contributed by atoms with Crippen molar-refractivity contribution in [2.24, 2.45) is 0 Å². The van der Waals surface area contributed by atoms with Gasteiger partial charge in [-0.1, -0.05) is 30.3 Å². The molecule has 126 valence electrons. The number of amides is 1. The molecule has 2 heterocycles. The molecule has 0 spiro atoms. The van der Waals surface area contributed by atoms with Gasteiger partial charge in [0.25, 0.3) is 0 Å². The van der Waals surface area contributed by atoms with Gasteiger partial charge in [0.2, 0.25) is 0 Å². The summed E-state index contributed by atoms with van der Waals surface area (Å²) in [4.78, 5) is 23.5. The molecule has 1 amide bonds. The Labute approximate surface area is 142 Å². The van der Waals surface area contributed by atoms with Crippen molar-refractivity contribution in [2.75, 3.05) is 18.5 Å². The monoisotopic (exact) mass is 348 g/mol. The lowest BCUT2D eigenvalue weighted by molar-refractivity contribution is 0.0696. The van der Waals surface area contributed by atoms with E-state index in [0.717, 1.165) is 23.5 Å². The average molecular weight is 348 g/mol. The van der Waals surface area contributed by atoms with Gasteiger partial charge in [0.05, 0.1) is 12.3 Å². The quantitative estimate of drug-likeness (QED) is 0.862. The lowest BCUT2D eigenvalue weighted by Gasteiger charge is -2.08. The van der Waals surface area contributed by atoms with Gasteiger partial charge in [0, 0.05) is 12.5 Å². The molecule has 0 saturated carbocycles. The number of carboxylic acid groups (broad SMARTS) is 1. The first-order valence-electron chi connectivity index (χ1n) is 7.43. The highest BCUT2D eigenvalue weighted by atomic mass is 32.1. The molecule has 3 rings (SSSR count). The van der Waals surface area contributed by atoms with Crippen molar-refractivity contribution in [2.45, 2.75) is 18.9 Å². The smallest absolute Gasteiger partial charge is 0.412 e. The lowest BCUT2D eigenvalue weighted by Crippen LogP contribution is -2.15. The van der Waals surface area contributed by atoms with E-state index >= 15 is 0 Å². The van der Waals surface area contributed by atoms with Gasteiger partial charge in [-0.05, 0) is 23.5 Å². The molecule has 2 aromatic rings. The third-order valence-electron chi connectivity index (χ3n) is 3.68. The number of ether oxygens (including phenoxy) is 2. The van der Waals surface area contributed by atoms with E-state index in [-0.39, 0.29) is 23.1 Å². The Bertz CT molecular complexity index is 725. The van der Waals surface area contributed by atoms with Gasteiger partial charge >= 0.3 is 12.1 Å². The largest absolute Gasteiger partial charge is 0.478 e. The number of carbonyl (C=O) groups excluding carboxylic acids is 1. The highest BCUT2D eigenvalue weighted by Crippen LogP contribution is 2.34. The number of hydrogen-bond donors (Lipinski definition) is 2. The van der Waals surface area contributed by atoms with Crippen molar-refractivity contribution < 1.29 is 24.2 Å². The van der Waals surface area contributed by atoms with Crippen LogP contribution in [0.3, 0.4) is 0 Å². The van der Waals surface area contributed by atoms with E-state index in [2.05, 4.69) is 9.69 Å². The van der Waals surface area contributed by atoms with Crippen molar-refractivity contribution in [3.8, 4) is 0 Å². The number of anilines is 1. The minimum atomic E-state index is -1.12. The highest BCUT2D eigenvalue weighted by Gasteiger charge is 2.29. The number of carbonyl (C=O) groups is 2. The molecule has 8 heteroatoms. The first-order valence-corrected chi connectivity index (χ1v) is 8.21. The topological polar surface area (TPSA) is 97.8 Å². The van der Waals surface area contributed by atoms with Gasteiger partial charge in [0.15, 0.2) is 0 Å². The number of hydrogen-bond acceptors (Lipinski definition) is 6. The maximum absolute atomic E-state index is 11.9. The summed E-state index contributed by atoms with van der Waals surface area (Å²) in [6.07, 6.45) is 0.0151. The lowest BCUT2D eigenvalue weighted by atomic mass is 10.0. The Kier molecular flexibility index (Phi) is 5.07. The van der Waals surface area contributed by atoms with Crippen LogP contribution < -0.4 is 5.32 Å². The first-order chi connectivity index (χ1) is 11.6. The zero-order valence-corrected chi connectivity index (χ0v) is 13.5. The number of carboxylic acids is 1. The van der Waals surface area contributed by atoms with E-state index in [1.807, 2.05) is 30.3 Å². The van der Waals surface area contributed by atoms with Gasteiger partial charge in [-0.25, -0.2) is 9.59 Å². The van der Waals surface area contributed by atoms with Crippen LogP contribution in [-0.2, 0) is 16.1 Å². The molecule has 1 aromatic carbocycles. The van der Waals surface area contributed by atoms with Crippen molar-refractivity contribution in [3.63, 3.8) is 0 Å². The van der Waals surface area contributed by atoms with E-state index in [1.54, 1.807) is 0 Å². The normalized spacial score (nSPS) is 16.8. The first kappa shape index (κ1) is 16.4. The number of benzene rings is 1. The second-order valence-corrected chi connectivity index (χ2v) is 6.10. The van der Waals surface area contributed by atoms with Crippen molar-refractivity contribution in [1.82, 2.24) is 4.37 Å². The summed E-state index contributed by atoms with van der Waals surface area (Å²) in [5, 5.41) is 12.1. The number of aromatic nitrogens is 1. The van der Waals surface area contributed by atoms with Crippen LogP contribution in [0.5, 0.6) is 0 Å². The van der Waals surface area contributed by atoms with Crippen molar-refractivity contribution in [1.29, 1.82) is 0 Å². The molecule has 1 atom stereocenters. The van der Waals surface area contributed by atoms with Crippen molar-refractivity contribution >= 4 is 28.6 Å². The number of nitrogens with one attached hydrogen (secondary N) is 1. The second kappa shape index (κ2) is 7.41. The van der Waals surface area contributed by atoms with Crippen LogP contribution in [0.4, 0.5) is 9.80 Å². The molecular formula is C16H16N2O5S. The Balaban J connectivity index is 1.68. The molecule has 24 heavy (non-hydrogen) atoms. The van der Waals surface area contributed by atoms with E-state index in [4.69, 9.17) is 9.47 Å². The van der Waals surface area contributed by atoms with E-state index in [9.17, 15) is 14.7 Å². The van der Waals surface area contributed by atoms with E-state index < -0.39 is 12.1 Å². The molecule has 1 fully saturated rings. The predicted octanol–water partition coefficient (Wildman–Crippen LogP) is 3.09. The van der Waals surface area contributed by atoms with Gasteiger partial charge in [-0.2, -0.15) is 4.37 Å². The van der Waals surface area contributed by atoms with Gasteiger partial charge in [-0.15, -0.1) is 0 Å². The second-order valence-electron chi connectivity index (χ2n) is 5.32. The summed E-state index contributed by atoms with van der Waals surface area (Å²) >= 11 is 0.943. The Hall–Kier alpha value is -2.45. The predicted molar refractivity (Wildman–Crippen MR) is 87.5 cm³/mol. The number of aromatic carboxylic acids is 1. The fourth-order valence-electron chi connectivity index (χ4n) is 2.48. The molecular weight excluding hydrogens is 332 g/mol. The number of rotatable bonds is 5. The average Bonchev–Trinajstić information content (AvgIpc) is 3.23. The minimum Gasteiger partial charge on any atom is -0.478 e. The third-order valence-corrected chi connectivity index (χ3v) is 4.45. The fourth-order valence-corrected chi connectivity index (χ4v) is 3.32. The molecule has 0 aliphatic carbocycles. The standard InChI is InChI=1S/C16H16N2O5S/c19-15(20)12-13(11-6-7-22-9-11)18-24-14(12)17-16(21)23-8-10-4-2-1-3-5-10/h1-5,11H,6-9H2,(H,17,21)(H,19,20). The van der Waals surface area contributed by atoms with Crippen LogP contribution in [0, 0.1) is 0 Å². The van der Waals surface area contributed by atoms with Crippen LogP contribution in [-0.4, -0.2) is 34.8 Å². The molecule has 0 bridgehead atoms. The van der Waals surface area contributed by atoms with Gasteiger partial charge in [0.1, 0.15) is 17.2 Å². The van der Waals surface area contributed by atoms with Crippen LogP contribution in [0.2, 0.25) is 0 Å². The summed E-state index contributed by atoms with van der Waals surface area (Å²) in [5.41, 5.74) is 1.33. The van der Waals surface area contributed by atoms with E-state index in [0.29, 0.717) is 18.9 Å². The highest BCUT2D eigenvalue weighted by molar-refractivity contribution is 7.11. The Morgan fingerprint density at radius 1 is 1.38 bits per heavy atom. The zero-order chi connectivity index (χ0) is 16.9. The fraction of sp³-hybridized carbons (Fsp3) is 0.312. The van der Waals surface area contributed by atoms with Crippen molar-refractivity contribution in [3.05, 3.63) is 47.2 Å². The van der Waals surface area contributed by atoms with Gasteiger partial charge < -0.3 is 14.6 Å². The Morgan fingerprint density at radius 3 is 2.83 bits per heavy atom. The SMILES string of the molecule is O=C(Nc1snc(C2CCOC2)c1C(=O)O)OCc1ccccc1. The molecule has 1 aliphatic heterocycles. The third kappa shape index (κ3) is 3.72. The molecule has 1 aliphatic rings. The van der Waals surface area contributed by atoms with Gasteiger partial charge in [-0.3, -0.25) is 5.32 Å². The van der Waals surface area contributed by atoms with Crippen LogP contribution in [0.25, 0.3) is 0 Å². The van der Waals surface area contributed by atoms with E-state index in [1.165, 1.54) is 0 Å².